The number of amides is 2. The van der Waals surface area contributed by atoms with Crippen LogP contribution in [0, 0.1) is 6.92 Å². The van der Waals surface area contributed by atoms with Crippen molar-refractivity contribution >= 4 is 45.3 Å². The Kier molecular flexibility index (Phi) is 8.70. The number of anilines is 2. The van der Waals surface area contributed by atoms with Crippen LogP contribution in [0.25, 0.3) is 33.2 Å². The van der Waals surface area contributed by atoms with E-state index in [9.17, 15) is 14.4 Å². The summed E-state index contributed by atoms with van der Waals surface area (Å²) in [6, 6.07) is 23.9. The van der Waals surface area contributed by atoms with Gasteiger partial charge in [0.05, 0.1) is 22.3 Å². The molecule has 3 aromatic heterocycles. The Balaban J connectivity index is 0.748. The zero-order valence-corrected chi connectivity index (χ0v) is 31.6. The molecule has 15 heteroatoms. The Morgan fingerprint density at radius 3 is 2.30 bits per heavy atom. The molecule has 2 amide bonds. The number of para-hydroxylation sites is 1. The molecule has 10 rings (SSSR count). The lowest BCUT2D eigenvalue weighted by atomic mass is 9.95. The number of hydrogen-bond acceptors (Lipinski definition) is 12. The quantitative estimate of drug-likeness (QED) is 0.214. The second-order valence-corrected chi connectivity index (χ2v) is 15.6. The van der Waals surface area contributed by atoms with E-state index in [0.29, 0.717) is 41.0 Å². The van der Waals surface area contributed by atoms with Crippen LogP contribution in [0.2, 0.25) is 0 Å². The number of nitrogen functional groups attached to an aromatic ring is 1. The van der Waals surface area contributed by atoms with Crippen LogP contribution in [-0.2, 0) is 9.59 Å². The molecule has 0 spiro atoms. The first-order chi connectivity index (χ1) is 27.8. The zero-order chi connectivity index (χ0) is 38.8. The van der Waals surface area contributed by atoms with E-state index in [1.807, 2.05) is 72.8 Å². The van der Waals surface area contributed by atoms with Gasteiger partial charge in [0.15, 0.2) is 5.65 Å². The molecule has 57 heavy (non-hydrogen) atoms. The maximum absolute atomic E-state index is 13.5. The molecule has 290 valence electrons. The van der Waals surface area contributed by atoms with E-state index in [2.05, 4.69) is 34.7 Å². The normalized spacial score (nSPS) is 20.2. The average Bonchev–Trinajstić information content (AvgIpc) is 3.57. The van der Waals surface area contributed by atoms with Crippen molar-refractivity contribution in [1.82, 2.24) is 44.4 Å². The molecule has 4 fully saturated rings. The highest BCUT2D eigenvalue weighted by Crippen LogP contribution is 2.37. The minimum absolute atomic E-state index is 0.201. The number of nitrogens with zero attached hydrogens (tertiary/aromatic N) is 9. The third-order valence-corrected chi connectivity index (χ3v) is 12.2. The van der Waals surface area contributed by atoms with Gasteiger partial charge in [0.1, 0.15) is 41.2 Å². The molecule has 15 nitrogen and oxygen atoms in total. The van der Waals surface area contributed by atoms with Gasteiger partial charge in [-0.05, 0) is 80.8 Å². The Labute approximate surface area is 328 Å². The SMILES string of the molecule is Cc1nc2cc(N3CC(N4CC(N5CCC(n6nc(-c7ccc(Oc8ccccc8)cc7)c7c(N)ncnc76)CC5)C4)C3)ccc2c(=O)n1C1CCC(=O)NC1=O. The molecule has 1 atom stereocenters. The Bertz CT molecular complexity index is 2570. The lowest BCUT2D eigenvalue weighted by Crippen LogP contribution is -2.70. The monoisotopic (exact) mass is 765 g/mol. The molecule has 0 radical (unpaired) electrons. The van der Waals surface area contributed by atoms with Crippen molar-refractivity contribution < 1.29 is 14.3 Å². The van der Waals surface area contributed by atoms with E-state index in [-0.39, 0.29) is 23.9 Å². The van der Waals surface area contributed by atoms with Gasteiger partial charge in [-0.1, -0.05) is 18.2 Å². The van der Waals surface area contributed by atoms with E-state index < -0.39 is 11.9 Å². The number of imide groups is 1. The number of piperidine rings is 2. The number of nitrogens with two attached hydrogens (primary N) is 1. The first kappa shape index (κ1) is 35.2. The molecule has 4 aliphatic heterocycles. The summed E-state index contributed by atoms with van der Waals surface area (Å²) in [4.78, 5) is 58.9. The Hall–Kier alpha value is -6.19. The number of rotatable bonds is 8. The number of carbonyl (C=O) groups excluding carboxylic acids is 2. The Morgan fingerprint density at radius 2 is 1.54 bits per heavy atom. The highest BCUT2D eigenvalue weighted by atomic mass is 16.5. The van der Waals surface area contributed by atoms with E-state index in [0.717, 1.165) is 91.6 Å². The van der Waals surface area contributed by atoms with E-state index in [1.54, 1.807) is 6.92 Å². The molecular weight excluding hydrogens is 723 g/mol. The number of fused-ring (bicyclic) bond motifs is 2. The van der Waals surface area contributed by atoms with Crippen molar-refractivity contribution in [3.05, 3.63) is 95.3 Å². The van der Waals surface area contributed by atoms with Crippen LogP contribution in [0.1, 0.15) is 43.6 Å². The van der Waals surface area contributed by atoms with Crippen molar-refractivity contribution in [3.63, 3.8) is 0 Å². The molecule has 6 aromatic rings. The summed E-state index contributed by atoms with van der Waals surface area (Å²) in [7, 11) is 0. The Morgan fingerprint density at radius 1 is 0.807 bits per heavy atom. The average molecular weight is 766 g/mol. The number of hydrogen-bond donors (Lipinski definition) is 2. The molecule has 4 saturated heterocycles. The topological polar surface area (TPSA) is 170 Å². The predicted molar refractivity (Wildman–Crippen MR) is 215 cm³/mol. The summed E-state index contributed by atoms with van der Waals surface area (Å²) in [5, 5.41) is 8.72. The number of nitrogens with one attached hydrogen (secondary N) is 1. The highest BCUT2D eigenvalue weighted by molar-refractivity contribution is 6.00. The highest BCUT2D eigenvalue weighted by Gasteiger charge is 2.42. The van der Waals surface area contributed by atoms with Gasteiger partial charge < -0.3 is 15.4 Å². The molecular formula is C42H43N11O4. The predicted octanol–water partition coefficient (Wildman–Crippen LogP) is 4.07. The van der Waals surface area contributed by atoms with Crippen LogP contribution < -0.4 is 26.2 Å². The molecule has 7 heterocycles. The van der Waals surface area contributed by atoms with Gasteiger partial charge in [0, 0.05) is 69.0 Å². The first-order valence-electron chi connectivity index (χ1n) is 19.7. The first-order valence-corrected chi connectivity index (χ1v) is 19.7. The van der Waals surface area contributed by atoms with Crippen LogP contribution in [-0.4, -0.2) is 102 Å². The number of likely N-dealkylation sites (tertiary alicyclic amines) is 2. The number of benzene rings is 3. The van der Waals surface area contributed by atoms with Crippen LogP contribution in [0.3, 0.4) is 0 Å². The fourth-order valence-corrected chi connectivity index (χ4v) is 8.96. The van der Waals surface area contributed by atoms with Gasteiger partial charge in [0.25, 0.3) is 5.56 Å². The van der Waals surface area contributed by atoms with Gasteiger partial charge in [0.2, 0.25) is 11.8 Å². The summed E-state index contributed by atoms with van der Waals surface area (Å²) in [5.74, 6) is 1.66. The fraction of sp³-hybridized carbons (Fsp3) is 0.357. The molecule has 3 aromatic carbocycles. The van der Waals surface area contributed by atoms with E-state index in [4.69, 9.17) is 20.6 Å². The van der Waals surface area contributed by atoms with E-state index in [1.165, 1.54) is 10.9 Å². The van der Waals surface area contributed by atoms with Gasteiger partial charge in [-0.3, -0.25) is 34.1 Å². The summed E-state index contributed by atoms with van der Waals surface area (Å²) in [6.07, 6.45) is 3.97. The second kappa shape index (κ2) is 14.1. The number of aromatic nitrogens is 6. The molecule has 4 aliphatic rings. The molecule has 1 unspecified atom stereocenters. The standard InChI is InChI=1S/C42H43N11O4/c1-25-46-34-19-28(9-12-33(34)42(56)52(25)35-13-14-36(54)47-41(35)55)50-22-30(23-50)51-20-29(21-51)49-17-15-27(16-18-49)53-40-37(39(43)44-24-45-40)38(48-53)26-7-10-32(11-8-26)57-31-5-3-2-4-6-31/h2-12,19,24,27,29-30,35H,13-18,20-23H2,1H3,(H2,43,44,45)(H,47,54,55). The van der Waals surface area contributed by atoms with Crippen molar-refractivity contribution in [3.8, 4) is 22.8 Å². The maximum atomic E-state index is 13.5. The fourth-order valence-electron chi connectivity index (χ4n) is 8.96. The maximum Gasteiger partial charge on any atom is 0.262 e. The van der Waals surface area contributed by atoms with Crippen LogP contribution in [0.4, 0.5) is 11.5 Å². The second-order valence-electron chi connectivity index (χ2n) is 15.6. The largest absolute Gasteiger partial charge is 0.457 e. The van der Waals surface area contributed by atoms with Crippen molar-refractivity contribution in [2.75, 3.05) is 49.9 Å². The minimum atomic E-state index is -0.730. The molecule has 3 N–H and O–H groups in total. The lowest BCUT2D eigenvalue weighted by Gasteiger charge is -2.55. The van der Waals surface area contributed by atoms with Crippen LogP contribution in [0.15, 0.2) is 83.9 Å². The molecule has 0 bridgehead atoms. The van der Waals surface area contributed by atoms with Crippen molar-refractivity contribution in [1.29, 1.82) is 0 Å². The summed E-state index contributed by atoms with van der Waals surface area (Å²) < 4.78 is 9.51. The van der Waals surface area contributed by atoms with Crippen molar-refractivity contribution in [2.45, 2.75) is 56.8 Å². The van der Waals surface area contributed by atoms with Crippen LogP contribution in [0.5, 0.6) is 11.5 Å². The third-order valence-electron chi connectivity index (χ3n) is 12.2. The van der Waals surface area contributed by atoms with Gasteiger partial charge in [-0.2, -0.15) is 5.10 Å². The van der Waals surface area contributed by atoms with Gasteiger partial charge >= 0.3 is 0 Å². The number of carbonyl (C=O) groups is 2. The number of ether oxygens (including phenoxy) is 1. The summed E-state index contributed by atoms with van der Waals surface area (Å²) >= 11 is 0. The molecule has 0 saturated carbocycles. The molecule has 0 aliphatic carbocycles. The smallest absolute Gasteiger partial charge is 0.262 e. The van der Waals surface area contributed by atoms with Crippen LogP contribution >= 0.6 is 0 Å². The van der Waals surface area contributed by atoms with Gasteiger partial charge in [-0.15, -0.1) is 0 Å². The summed E-state index contributed by atoms with van der Waals surface area (Å²) in [6.45, 7) is 7.71. The summed E-state index contributed by atoms with van der Waals surface area (Å²) in [5.41, 5.74) is 10.3. The number of aryl methyl sites for hydroxylation is 1. The van der Waals surface area contributed by atoms with Crippen molar-refractivity contribution in [2.24, 2.45) is 0 Å². The van der Waals surface area contributed by atoms with E-state index >= 15 is 0 Å². The zero-order valence-electron chi connectivity index (χ0n) is 31.6. The minimum Gasteiger partial charge on any atom is -0.457 e. The lowest BCUT2D eigenvalue weighted by molar-refractivity contribution is -0.135. The third kappa shape index (κ3) is 6.36. The van der Waals surface area contributed by atoms with Gasteiger partial charge in [-0.25, -0.2) is 19.6 Å².